The Hall–Kier alpha value is 0.800. The van der Waals surface area contributed by atoms with Crippen LogP contribution in [-0.4, -0.2) is 33.9 Å². The molecular formula is C5H11Cl3O6PS+. The van der Waals surface area contributed by atoms with E-state index in [1.54, 1.807) is 0 Å². The first-order valence-electron chi connectivity index (χ1n) is 3.51. The third kappa shape index (κ3) is 11.3. The lowest BCUT2D eigenvalue weighted by atomic mass is 10.2. The summed E-state index contributed by atoms with van der Waals surface area (Å²) in [5.41, 5.74) is -1.37. The molecule has 11 heteroatoms. The molecule has 2 N–H and O–H groups in total. The van der Waals surface area contributed by atoms with E-state index < -0.39 is 27.8 Å². The lowest BCUT2D eigenvalue weighted by Crippen LogP contribution is -2.40. The smallest absolute Gasteiger partial charge is 0.260 e. The first kappa shape index (κ1) is 19.1. The molecule has 0 amide bonds. The van der Waals surface area contributed by atoms with Crippen molar-refractivity contribution in [2.45, 2.75) is 23.2 Å². The molecular weight excluding hydrogens is 325 g/mol. The molecule has 0 bridgehead atoms. The minimum atomic E-state index is -3.62. The van der Waals surface area contributed by atoms with Gasteiger partial charge in [-0.1, -0.05) is 34.8 Å². The van der Waals surface area contributed by atoms with E-state index in [0.29, 0.717) is 0 Å². The average Bonchev–Trinajstić information content (AvgIpc) is 1.74. The van der Waals surface area contributed by atoms with E-state index in [0.717, 1.165) is 6.26 Å². The molecule has 0 aromatic heterocycles. The van der Waals surface area contributed by atoms with Crippen LogP contribution in [0.2, 0.25) is 0 Å². The van der Waals surface area contributed by atoms with E-state index in [4.69, 9.17) is 49.2 Å². The molecule has 0 fully saturated rings. The Labute approximate surface area is 110 Å². The molecule has 0 aliphatic carbocycles. The van der Waals surface area contributed by atoms with E-state index in [9.17, 15) is 8.42 Å². The number of halogens is 3. The van der Waals surface area contributed by atoms with E-state index >= 15 is 0 Å². The summed E-state index contributed by atoms with van der Waals surface area (Å²) in [5.74, 6) is 0. The highest BCUT2D eigenvalue weighted by Gasteiger charge is 2.44. The second kappa shape index (κ2) is 6.66. The van der Waals surface area contributed by atoms with Crippen LogP contribution < -0.4 is 0 Å². The zero-order chi connectivity index (χ0) is 13.8. The summed E-state index contributed by atoms with van der Waals surface area (Å²) in [7, 11) is -6.49. The van der Waals surface area contributed by atoms with Crippen LogP contribution in [0.3, 0.4) is 0 Å². The predicted molar refractivity (Wildman–Crippen MR) is 62.3 cm³/mol. The van der Waals surface area contributed by atoms with E-state index in [1.807, 2.05) is 0 Å². The Bertz CT molecular complexity index is 331. The molecule has 16 heavy (non-hydrogen) atoms. The second-order valence-electron chi connectivity index (χ2n) is 3.05. The van der Waals surface area contributed by atoms with E-state index in [-0.39, 0.29) is 0 Å². The lowest BCUT2D eigenvalue weighted by molar-refractivity contribution is 0.124. The van der Waals surface area contributed by atoms with Gasteiger partial charge in [-0.05, 0) is 13.8 Å². The minimum absolute atomic E-state index is 0.894. The van der Waals surface area contributed by atoms with Crippen LogP contribution in [0, 0.1) is 0 Å². The summed E-state index contributed by atoms with van der Waals surface area (Å²) in [6.45, 7) is 2.75. The summed E-state index contributed by atoms with van der Waals surface area (Å²) in [4.78, 5) is 14.2. The third-order valence-electron chi connectivity index (χ3n) is 1.04. The highest BCUT2D eigenvalue weighted by atomic mass is 35.6. The lowest BCUT2D eigenvalue weighted by Gasteiger charge is -2.30. The molecule has 0 radical (unpaired) electrons. The minimum Gasteiger partial charge on any atom is -0.260 e. The Morgan fingerprint density at radius 3 is 1.50 bits per heavy atom. The van der Waals surface area contributed by atoms with Crippen molar-refractivity contribution in [3.8, 4) is 0 Å². The van der Waals surface area contributed by atoms with Gasteiger partial charge in [0.05, 0.1) is 6.26 Å². The molecule has 0 saturated heterocycles. The molecule has 0 unspecified atom stereocenters. The van der Waals surface area contributed by atoms with Crippen molar-refractivity contribution in [1.82, 2.24) is 0 Å². The molecule has 0 saturated carbocycles. The van der Waals surface area contributed by atoms with Gasteiger partial charge in [-0.3, -0.25) is 4.18 Å². The summed E-state index contributed by atoms with van der Waals surface area (Å²) in [6.07, 6.45) is 0.894. The van der Waals surface area contributed by atoms with Gasteiger partial charge in [-0.25, -0.2) is 0 Å². The maximum atomic E-state index is 10.7. The summed E-state index contributed by atoms with van der Waals surface area (Å²) < 4.78 is 32.9. The van der Waals surface area contributed by atoms with Crippen LogP contribution in [0.25, 0.3) is 0 Å². The number of rotatable bonds is 2. The predicted octanol–water partition coefficient (Wildman–Crippen LogP) is 1.74. The number of alkyl halides is 3. The molecule has 0 aliphatic heterocycles. The van der Waals surface area contributed by atoms with Crippen LogP contribution in [-0.2, 0) is 18.9 Å². The highest BCUT2D eigenvalue weighted by Crippen LogP contribution is 2.40. The quantitative estimate of drug-likeness (QED) is 0.452. The van der Waals surface area contributed by atoms with Crippen LogP contribution in [0.4, 0.5) is 0 Å². The molecule has 0 rings (SSSR count). The monoisotopic (exact) mass is 335 g/mol. The summed E-state index contributed by atoms with van der Waals surface area (Å²) >= 11 is 16.4. The highest BCUT2D eigenvalue weighted by molar-refractivity contribution is 7.86. The van der Waals surface area contributed by atoms with Crippen LogP contribution in [0.5, 0.6) is 0 Å². The van der Waals surface area contributed by atoms with E-state index in [2.05, 4.69) is 4.18 Å². The van der Waals surface area contributed by atoms with Crippen molar-refractivity contribution >= 4 is 53.2 Å². The van der Waals surface area contributed by atoms with Crippen molar-refractivity contribution in [2.75, 3.05) is 6.26 Å². The van der Waals surface area contributed by atoms with Crippen molar-refractivity contribution in [2.24, 2.45) is 0 Å². The second-order valence-corrected chi connectivity index (χ2v) is 7.41. The summed E-state index contributed by atoms with van der Waals surface area (Å²) in [5, 5.41) is 0. The fourth-order valence-electron chi connectivity index (χ4n) is 0.426. The first-order valence-corrected chi connectivity index (χ1v) is 7.63. The maximum absolute atomic E-state index is 10.7. The Kier molecular flexibility index (Phi) is 7.97. The first-order chi connectivity index (χ1) is 6.69. The fraction of sp³-hybridized carbons (Fsp3) is 1.00. The molecule has 98 valence electrons. The van der Waals surface area contributed by atoms with Crippen molar-refractivity contribution in [1.29, 1.82) is 0 Å². The van der Waals surface area contributed by atoms with Gasteiger partial charge in [0.2, 0.25) is 3.79 Å². The van der Waals surface area contributed by atoms with Crippen molar-refractivity contribution in [3.05, 3.63) is 0 Å². The molecule has 0 heterocycles. The van der Waals surface area contributed by atoms with Gasteiger partial charge in [0.1, 0.15) is 5.60 Å². The Balaban J connectivity index is 0. The Morgan fingerprint density at radius 2 is 1.44 bits per heavy atom. The van der Waals surface area contributed by atoms with Gasteiger partial charge in [0.25, 0.3) is 10.1 Å². The van der Waals surface area contributed by atoms with E-state index in [1.165, 1.54) is 13.8 Å². The largest absolute Gasteiger partial charge is 0.692 e. The normalized spacial score (nSPS) is 12.8. The number of hydrogen-bond donors (Lipinski definition) is 2. The van der Waals surface area contributed by atoms with Crippen LogP contribution >= 0.6 is 43.1 Å². The van der Waals surface area contributed by atoms with Crippen LogP contribution in [0.15, 0.2) is 0 Å². The molecule has 0 aromatic rings. The van der Waals surface area contributed by atoms with Gasteiger partial charge < -0.3 is 0 Å². The SMILES string of the molecule is CC(C)(OS(C)(=O)=O)C(Cl)(Cl)Cl.O=[P+](O)O. The summed E-state index contributed by atoms with van der Waals surface area (Å²) in [6, 6.07) is 0. The van der Waals surface area contributed by atoms with Gasteiger partial charge in [0.15, 0.2) is 0 Å². The standard InChI is InChI=1S/C5H9Cl3O3S.HO3P/c1-4(2,5(6,7)8)11-12(3,9)10;1-4(2)3/h1-3H3;(H-,1,2,3)/p+1. The van der Waals surface area contributed by atoms with Crippen molar-refractivity contribution < 1.29 is 27.0 Å². The van der Waals surface area contributed by atoms with Crippen molar-refractivity contribution in [3.63, 3.8) is 0 Å². The van der Waals surface area contributed by atoms with Gasteiger partial charge in [-0.2, -0.15) is 8.42 Å². The van der Waals surface area contributed by atoms with Gasteiger partial charge in [-0.15, -0.1) is 9.79 Å². The topological polar surface area (TPSA) is 101 Å². The number of hydrogen-bond acceptors (Lipinski definition) is 4. The van der Waals surface area contributed by atoms with Gasteiger partial charge in [0, 0.05) is 4.57 Å². The van der Waals surface area contributed by atoms with Crippen LogP contribution in [0.1, 0.15) is 13.8 Å². The zero-order valence-corrected chi connectivity index (χ0v) is 12.5. The molecule has 0 aromatic carbocycles. The third-order valence-corrected chi connectivity index (χ3v) is 3.13. The molecule has 0 atom stereocenters. The molecule has 0 aliphatic rings. The molecule has 6 nitrogen and oxygen atoms in total. The maximum Gasteiger partial charge on any atom is 0.692 e. The molecule has 0 spiro atoms. The Morgan fingerprint density at radius 1 is 1.19 bits per heavy atom. The average molecular weight is 337 g/mol. The van der Waals surface area contributed by atoms with Gasteiger partial charge >= 0.3 is 8.25 Å². The zero-order valence-electron chi connectivity index (χ0n) is 8.52. The fourth-order valence-corrected chi connectivity index (χ4v) is 1.56.